The average Bonchev–Trinajstić information content (AvgIpc) is 3.13. The summed E-state index contributed by atoms with van der Waals surface area (Å²) in [5.74, 6) is -1.33. The number of hydrogen-bond acceptors (Lipinski definition) is 8. The normalized spacial score (nSPS) is 12.2. The summed E-state index contributed by atoms with van der Waals surface area (Å²) in [6, 6.07) is 1.28. The fourth-order valence-electron chi connectivity index (χ4n) is 2.50. The summed E-state index contributed by atoms with van der Waals surface area (Å²) >= 11 is 0. The molecule has 3 aromatic rings. The van der Waals surface area contributed by atoms with E-state index in [1.165, 1.54) is 20.4 Å². The number of aromatic nitrogens is 4. The van der Waals surface area contributed by atoms with Crippen molar-refractivity contribution in [1.82, 2.24) is 19.6 Å². The van der Waals surface area contributed by atoms with Crippen LogP contribution in [0.25, 0.3) is 5.65 Å². The Kier molecular flexibility index (Phi) is 6.25. The molecule has 0 radical (unpaired) electrons. The van der Waals surface area contributed by atoms with Crippen molar-refractivity contribution in [2.45, 2.75) is 17.5 Å². The Morgan fingerprint density at radius 2 is 1.88 bits per heavy atom. The molecule has 0 unspecified atom stereocenters. The molecule has 174 valence electrons. The van der Waals surface area contributed by atoms with Gasteiger partial charge in [-0.3, -0.25) is 0 Å². The van der Waals surface area contributed by atoms with Crippen LogP contribution in [0.2, 0.25) is 0 Å². The summed E-state index contributed by atoms with van der Waals surface area (Å²) in [5, 5.41) is 3.87. The van der Waals surface area contributed by atoms with Gasteiger partial charge in [0.1, 0.15) is 17.3 Å². The fourth-order valence-corrected chi connectivity index (χ4v) is 3.57. The lowest BCUT2D eigenvalue weighted by molar-refractivity contribution is -0.137. The third-order valence-corrected chi connectivity index (χ3v) is 5.22. The minimum atomic E-state index is -4.86. The number of rotatable bonds is 8. The van der Waals surface area contributed by atoms with Crippen LogP contribution in [-0.4, -0.2) is 55.3 Å². The molecule has 0 atom stereocenters. The molecule has 0 saturated heterocycles. The van der Waals surface area contributed by atoms with Gasteiger partial charge in [-0.15, -0.1) is 5.10 Å². The summed E-state index contributed by atoms with van der Waals surface area (Å²) in [6.45, 7) is -1.32. The summed E-state index contributed by atoms with van der Waals surface area (Å²) in [6.07, 6.45) is -6.67. The standard InChI is InChI=1S/C16H14F5N5O5S/c1-29-10-6-22-15(30-2)26-13(10)23-14(24-26)25-32(27,28)11-4-3-8(16(19,20)21)5-9(11)31-7-12(17)18/h3-6,12H,7H2,1-2H3,(H,24,25). The first-order chi connectivity index (χ1) is 15.0. The van der Waals surface area contributed by atoms with Crippen molar-refractivity contribution in [3.63, 3.8) is 0 Å². The van der Waals surface area contributed by atoms with E-state index in [-0.39, 0.29) is 17.4 Å². The molecule has 0 spiro atoms. The van der Waals surface area contributed by atoms with Gasteiger partial charge in [0, 0.05) is 0 Å². The molecule has 10 nitrogen and oxygen atoms in total. The second kappa shape index (κ2) is 8.60. The van der Waals surface area contributed by atoms with Crippen LogP contribution in [-0.2, 0) is 16.2 Å². The molecule has 32 heavy (non-hydrogen) atoms. The van der Waals surface area contributed by atoms with Gasteiger partial charge in [-0.1, -0.05) is 0 Å². The number of halogens is 5. The van der Waals surface area contributed by atoms with E-state index >= 15 is 0 Å². The van der Waals surface area contributed by atoms with Crippen LogP contribution < -0.4 is 18.9 Å². The van der Waals surface area contributed by atoms with Crippen molar-refractivity contribution >= 4 is 21.6 Å². The highest BCUT2D eigenvalue weighted by molar-refractivity contribution is 7.92. The van der Waals surface area contributed by atoms with Crippen molar-refractivity contribution in [3.05, 3.63) is 30.0 Å². The van der Waals surface area contributed by atoms with Crippen LogP contribution in [0.5, 0.6) is 17.5 Å². The maximum atomic E-state index is 13.0. The van der Waals surface area contributed by atoms with Crippen LogP contribution in [0.1, 0.15) is 5.56 Å². The Bertz CT molecular complexity index is 1190. The number of nitrogens with one attached hydrogen (secondary N) is 1. The highest BCUT2D eigenvalue weighted by atomic mass is 32.2. The SMILES string of the molecule is COc1cnc(OC)n2nc(NS(=O)(=O)c3ccc(C(F)(F)F)cc3OCC(F)F)nc12. The Morgan fingerprint density at radius 3 is 2.47 bits per heavy atom. The van der Waals surface area contributed by atoms with Crippen LogP contribution in [0, 0.1) is 0 Å². The van der Waals surface area contributed by atoms with Gasteiger partial charge >= 0.3 is 12.2 Å². The van der Waals surface area contributed by atoms with E-state index in [4.69, 9.17) is 9.47 Å². The minimum Gasteiger partial charge on any atom is -0.491 e. The van der Waals surface area contributed by atoms with Crippen molar-refractivity contribution in [2.75, 3.05) is 25.5 Å². The predicted octanol–water partition coefficient (Wildman–Crippen LogP) is 2.61. The number of benzene rings is 1. The number of ether oxygens (including phenoxy) is 3. The smallest absolute Gasteiger partial charge is 0.416 e. The van der Waals surface area contributed by atoms with E-state index < -0.39 is 51.4 Å². The zero-order chi connectivity index (χ0) is 23.7. The first-order valence-electron chi connectivity index (χ1n) is 8.45. The van der Waals surface area contributed by atoms with E-state index in [9.17, 15) is 30.4 Å². The fraction of sp³-hybridized carbons (Fsp3) is 0.312. The number of alkyl halides is 5. The van der Waals surface area contributed by atoms with E-state index in [0.717, 1.165) is 4.52 Å². The summed E-state index contributed by atoms with van der Waals surface area (Å²) in [7, 11) is -2.09. The number of sulfonamides is 1. The molecule has 0 amide bonds. The van der Waals surface area contributed by atoms with Crippen LogP contribution in [0.15, 0.2) is 29.3 Å². The van der Waals surface area contributed by atoms with E-state index in [1.54, 1.807) is 0 Å². The highest BCUT2D eigenvalue weighted by Crippen LogP contribution is 2.35. The van der Waals surface area contributed by atoms with Crippen LogP contribution in [0.4, 0.5) is 27.9 Å². The molecule has 3 rings (SSSR count). The van der Waals surface area contributed by atoms with Gasteiger partial charge in [-0.25, -0.2) is 21.9 Å². The lowest BCUT2D eigenvalue weighted by Crippen LogP contribution is -2.18. The maximum absolute atomic E-state index is 13.0. The lowest BCUT2D eigenvalue weighted by Gasteiger charge is -2.14. The summed E-state index contributed by atoms with van der Waals surface area (Å²) < 4.78 is 107. The summed E-state index contributed by atoms with van der Waals surface area (Å²) in [4.78, 5) is 7.00. The molecule has 0 aliphatic heterocycles. The average molecular weight is 483 g/mol. The van der Waals surface area contributed by atoms with E-state index in [0.29, 0.717) is 18.2 Å². The van der Waals surface area contributed by atoms with Gasteiger partial charge in [-0.2, -0.15) is 27.7 Å². The Balaban J connectivity index is 2.04. The molecule has 0 fully saturated rings. The van der Waals surface area contributed by atoms with Gasteiger partial charge in [-0.05, 0) is 18.2 Å². The quantitative estimate of drug-likeness (QED) is 0.486. The second-order valence-corrected chi connectivity index (χ2v) is 7.60. The molecule has 2 heterocycles. The molecule has 0 aliphatic carbocycles. The third kappa shape index (κ3) is 4.74. The molecule has 0 bridgehead atoms. The molecule has 0 aliphatic rings. The molecule has 1 aromatic carbocycles. The maximum Gasteiger partial charge on any atom is 0.416 e. The number of fused-ring (bicyclic) bond motifs is 1. The molecule has 16 heteroatoms. The number of anilines is 1. The van der Waals surface area contributed by atoms with Gasteiger partial charge in [0.15, 0.2) is 5.75 Å². The third-order valence-electron chi connectivity index (χ3n) is 3.85. The summed E-state index contributed by atoms with van der Waals surface area (Å²) in [5.41, 5.74) is -1.27. The van der Waals surface area contributed by atoms with Gasteiger partial charge in [0.2, 0.25) is 5.65 Å². The van der Waals surface area contributed by atoms with E-state index in [2.05, 4.69) is 19.8 Å². The number of nitrogens with zero attached hydrogens (tertiary/aromatic N) is 4. The van der Waals surface area contributed by atoms with E-state index in [1.807, 2.05) is 4.72 Å². The molecule has 2 aromatic heterocycles. The zero-order valence-electron chi connectivity index (χ0n) is 16.2. The zero-order valence-corrected chi connectivity index (χ0v) is 17.0. The minimum absolute atomic E-state index is 0.0126. The lowest BCUT2D eigenvalue weighted by atomic mass is 10.2. The van der Waals surface area contributed by atoms with Crippen molar-refractivity contribution < 1.29 is 44.6 Å². The Morgan fingerprint density at radius 1 is 1.16 bits per heavy atom. The topological polar surface area (TPSA) is 117 Å². The molecule has 0 saturated carbocycles. The second-order valence-electron chi connectivity index (χ2n) is 5.95. The highest BCUT2D eigenvalue weighted by Gasteiger charge is 2.33. The number of hydrogen-bond donors (Lipinski definition) is 1. The first kappa shape index (κ1) is 23.2. The van der Waals surface area contributed by atoms with Crippen LogP contribution in [0.3, 0.4) is 0 Å². The first-order valence-corrected chi connectivity index (χ1v) is 9.93. The van der Waals surface area contributed by atoms with Gasteiger partial charge < -0.3 is 14.2 Å². The molecule has 1 N–H and O–H groups in total. The van der Waals surface area contributed by atoms with Crippen LogP contribution >= 0.6 is 0 Å². The van der Waals surface area contributed by atoms with Crippen molar-refractivity contribution in [3.8, 4) is 17.5 Å². The Labute approximate surface area is 177 Å². The van der Waals surface area contributed by atoms with Crippen molar-refractivity contribution in [2.24, 2.45) is 0 Å². The predicted molar refractivity (Wildman–Crippen MR) is 97.6 cm³/mol. The molecular formula is C16H14F5N5O5S. The van der Waals surface area contributed by atoms with Crippen molar-refractivity contribution in [1.29, 1.82) is 0 Å². The van der Waals surface area contributed by atoms with Gasteiger partial charge in [0.25, 0.3) is 22.4 Å². The molecular weight excluding hydrogens is 469 g/mol. The monoisotopic (exact) mass is 483 g/mol. The number of methoxy groups -OCH3 is 2. The Hall–Kier alpha value is -3.43. The van der Waals surface area contributed by atoms with Gasteiger partial charge in [0.05, 0.1) is 26.0 Å². The largest absolute Gasteiger partial charge is 0.491 e.